The van der Waals surface area contributed by atoms with Crippen LogP contribution in [0.25, 0.3) is 11.5 Å². The number of hydrogen-bond donors (Lipinski definition) is 0. The van der Waals surface area contributed by atoms with Gasteiger partial charge in [0.25, 0.3) is 5.89 Å². The maximum atomic E-state index is 12.6. The molecule has 3 aromatic rings. The molecule has 0 saturated heterocycles. The molecule has 0 saturated carbocycles. The summed E-state index contributed by atoms with van der Waals surface area (Å²) in [6.07, 6.45) is 0. The molecule has 0 atom stereocenters. The maximum absolute atomic E-state index is 12.6. The van der Waals surface area contributed by atoms with Crippen molar-refractivity contribution in [3.63, 3.8) is 0 Å². The molecule has 0 N–H and O–H groups in total. The van der Waals surface area contributed by atoms with Crippen LogP contribution in [0.5, 0.6) is 17.2 Å². The van der Waals surface area contributed by atoms with E-state index >= 15 is 0 Å². The molecule has 0 aliphatic heterocycles. The van der Waals surface area contributed by atoms with Crippen LogP contribution in [0.3, 0.4) is 0 Å². The molecular weight excluding hydrogens is 388 g/mol. The predicted molar refractivity (Wildman–Crippen MR) is 109 cm³/mol. The molecule has 8 heteroatoms. The van der Waals surface area contributed by atoms with Gasteiger partial charge in [0.2, 0.25) is 11.6 Å². The van der Waals surface area contributed by atoms with Crippen molar-refractivity contribution in [2.45, 2.75) is 27.4 Å². The van der Waals surface area contributed by atoms with Crippen molar-refractivity contribution in [3.05, 3.63) is 53.9 Å². The maximum Gasteiger partial charge on any atom is 0.338 e. The Balaban J connectivity index is 1.75. The Bertz CT molecular complexity index is 944. The number of hydrogen-bond acceptors (Lipinski definition) is 8. The van der Waals surface area contributed by atoms with Gasteiger partial charge in [0.15, 0.2) is 18.1 Å². The highest BCUT2D eigenvalue weighted by Crippen LogP contribution is 2.39. The fourth-order valence-electron chi connectivity index (χ4n) is 2.73. The van der Waals surface area contributed by atoms with Gasteiger partial charge in [-0.05, 0) is 45.0 Å². The first-order chi connectivity index (χ1) is 14.7. The predicted octanol–water partition coefficient (Wildman–Crippen LogP) is 4.29. The molecule has 30 heavy (non-hydrogen) atoms. The van der Waals surface area contributed by atoms with Crippen LogP contribution in [-0.4, -0.2) is 36.0 Å². The van der Waals surface area contributed by atoms with Crippen LogP contribution in [0.15, 0.2) is 46.9 Å². The first-order valence-corrected chi connectivity index (χ1v) is 9.77. The third kappa shape index (κ3) is 5.08. The third-order valence-electron chi connectivity index (χ3n) is 3.96. The molecule has 0 amide bonds. The molecule has 8 nitrogen and oxygen atoms in total. The zero-order valence-corrected chi connectivity index (χ0v) is 17.2. The van der Waals surface area contributed by atoms with Gasteiger partial charge in [-0.25, -0.2) is 4.79 Å². The monoisotopic (exact) mass is 412 g/mol. The van der Waals surface area contributed by atoms with E-state index in [4.69, 9.17) is 23.4 Å². The lowest BCUT2D eigenvalue weighted by Gasteiger charge is -2.16. The van der Waals surface area contributed by atoms with E-state index in [1.807, 2.05) is 51.1 Å². The van der Waals surface area contributed by atoms with Crippen molar-refractivity contribution < 1.29 is 28.2 Å². The van der Waals surface area contributed by atoms with Gasteiger partial charge in [0.05, 0.1) is 25.4 Å². The molecule has 0 aliphatic carbocycles. The van der Waals surface area contributed by atoms with Gasteiger partial charge in [0, 0.05) is 5.56 Å². The summed E-state index contributed by atoms with van der Waals surface area (Å²) in [5, 5.41) is 7.91. The first kappa shape index (κ1) is 21.2. The summed E-state index contributed by atoms with van der Waals surface area (Å²) in [6.45, 7) is 6.66. The van der Waals surface area contributed by atoms with Crippen molar-refractivity contribution in [2.24, 2.45) is 0 Å². The largest absolute Gasteiger partial charge is 0.490 e. The average molecular weight is 412 g/mol. The van der Waals surface area contributed by atoms with Crippen molar-refractivity contribution in [1.82, 2.24) is 10.2 Å². The van der Waals surface area contributed by atoms with Crippen molar-refractivity contribution in [2.75, 3.05) is 19.8 Å². The number of benzene rings is 2. The van der Waals surface area contributed by atoms with Gasteiger partial charge in [-0.1, -0.05) is 18.2 Å². The summed E-state index contributed by atoms with van der Waals surface area (Å²) < 4.78 is 27.8. The number of ether oxygens (including phenoxy) is 4. The fourth-order valence-corrected chi connectivity index (χ4v) is 2.73. The average Bonchev–Trinajstić information content (AvgIpc) is 3.24. The Morgan fingerprint density at radius 2 is 1.53 bits per heavy atom. The number of aromatic nitrogens is 2. The molecule has 1 heterocycles. The van der Waals surface area contributed by atoms with E-state index in [2.05, 4.69) is 10.2 Å². The summed E-state index contributed by atoms with van der Waals surface area (Å²) in [5.74, 6) is 1.28. The summed E-state index contributed by atoms with van der Waals surface area (Å²) in [6, 6.07) is 12.5. The van der Waals surface area contributed by atoms with Crippen LogP contribution in [0, 0.1) is 0 Å². The first-order valence-electron chi connectivity index (χ1n) is 9.77. The van der Waals surface area contributed by atoms with Crippen molar-refractivity contribution in [3.8, 4) is 28.7 Å². The van der Waals surface area contributed by atoms with Gasteiger partial charge in [-0.15, -0.1) is 10.2 Å². The van der Waals surface area contributed by atoms with Gasteiger partial charge >= 0.3 is 5.97 Å². The molecular formula is C22H24N2O6. The number of rotatable bonds is 10. The van der Waals surface area contributed by atoms with Crippen molar-refractivity contribution >= 4 is 5.97 Å². The third-order valence-corrected chi connectivity index (χ3v) is 3.96. The summed E-state index contributed by atoms with van der Waals surface area (Å²) >= 11 is 0. The van der Waals surface area contributed by atoms with Gasteiger partial charge in [-0.2, -0.15) is 0 Å². The van der Waals surface area contributed by atoms with Gasteiger partial charge in [-0.3, -0.25) is 0 Å². The number of esters is 1. The molecule has 0 bridgehead atoms. The number of carbonyl (C=O) groups excluding carboxylic acids is 1. The Morgan fingerprint density at radius 3 is 2.13 bits per heavy atom. The standard InChI is InChI=1S/C22H24N2O6/c1-4-26-17-12-16(13-18(27-5-2)20(17)28-6-3)22(25)29-14-19-23-24-21(30-19)15-10-8-7-9-11-15/h7-13H,4-6,14H2,1-3H3. The molecule has 0 fully saturated rings. The highest BCUT2D eigenvalue weighted by atomic mass is 16.5. The van der Waals surface area contributed by atoms with E-state index in [0.29, 0.717) is 43.0 Å². The lowest BCUT2D eigenvalue weighted by molar-refractivity contribution is 0.0437. The molecule has 2 aromatic carbocycles. The van der Waals surface area contributed by atoms with Crippen LogP contribution in [0.2, 0.25) is 0 Å². The quantitative estimate of drug-likeness (QED) is 0.455. The van der Waals surface area contributed by atoms with E-state index in [1.54, 1.807) is 12.1 Å². The number of nitrogens with zero attached hydrogens (tertiary/aromatic N) is 2. The zero-order chi connectivity index (χ0) is 21.3. The smallest absolute Gasteiger partial charge is 0.338 e. The fraction of sp³-hybridized carbons (Fsp3) is 0.318. The normalized spacial score (nSPS) is 10.5. The molecule has 3 rings (SSSR count). The molecule has 158 valence electrons. The van der Waals surface area contributed by atoms with Crippen LogP contribution in [-0.2, 0) is 11.3 Å². The van der Waals surface area contributed by atoms with E-state index in [0.717, 1.165) is 5.56 Å². The SMILES string of the molecule is CCOc1cc(C(=O)OCc2nnc(-c3ccccc3)o2)cc(OCC)c1OCC. The summed E-state index contributed by atoms with van der Waals surface area (Å²) in [7, 11) is 0. The second-order valence-corrected chi connectivity index (χ2v) is 6.04. The van der Waals surface area contributed by atoms with E-state index in [1.165, 1.54) is 0 Å². The highest BCUT2D eigenvalue weighted by molar-refractivity contribution is 5.91. The zero-order valence-electron chi connectivity index (χ0n) is 17.2. The highest BCUT2D eigenvalue weighted by Gasteiger charge is 2.20. The molecule has 0 spiro atoms. The molecule has 0 radical (unpaired) electrons. The molecule has 1 aromatic heterocycles. The van der Waals surface area contributed by atoms with Crippen LogP contribution >= 0.6 is 0 Å². The summed E-state index contributed by atoms with van der Waals surface area (Å²) in [5.41, 5.74) is 1.06. The topological polar surface area (TPSA) is 92.9 Å². The second-order valence-electron chi connectivity index (χ2n) is 6.04. The Morgan fingerprint density at radius 1 is 0.900 bits per heavy atom. The minimum atomic E-state index is -0.570. The lowest BCUT2D eigenvalue weighted by atomic mass is 10.2. The lowest BCUT2D eigenvalue weighted by Crippen LogP contribution is -2.09. The molecule has 0 unspecified atom stereocenters. The second kappa shape index (κ2) is 10.3. The van der Waals surface area contributed by atoms with Crippen LogP contribution in [0.4, 0.5) is 0 Å². The van der Waals surface area contributed by atoms with Gasteiger partial charge < -0.3 is 23.4 Å². The van der Waals surface area contributed by atoms with E-state index < -0.39 is 5.97 Å². The van der Waals surface area contributed by atoms with E-state index in [9.17, 15) is 4.79 Å². The Labute approximate surface area is 174 Å². The van der Waals surface area contributed by atoms with Gasteiger partial charge in [0.1, 0.15) is 0 Å². The Hall–Kier alpha value is -3.55. The minimum absolute atomic E-state index is 0.153. The number of carbonyl (C=O) groups is 1. The summed E-state index contributed by atoms with van der Waals surface area (Å²) in [4.78, 5) is 12.6. The van der Waals surface area contributed by atoms with Crippen LogP contribution < -0.4 is 14.2 Å². The molecule has 0 aliphatic rings. The minimum Gasteiger partial charge on any atom is -0.490 e. The Kier molecular flexibility index (Phi) is 7.26. The van der Waals surface area contributed by atoms with Crippen molar-refractivity contribution in [1.29, 1.82) is 0 Å². The van der Waals surface area contributed by atoms with E-state index in [-0.39, 0.29) is 18.1 Å². The van der Waals surface area contributed by atoms with Crippen LogP contribution in [0.1, 0.15) is 37.0 Å².